The number of hydrogen-bond acceptors (Lipinski definition) is 3. The van der Waals surface area contributed by atoms with E-state index in [-0.39, 0.29) is 6.61 Å². The minimum absolute atomic E-state index is 0.223. The Kier molecular flexibility index (Phi) is 4.67. The lowest BCUT2D eigenvalue weighted by Gasteiger charge is -2.19. The third-order valence-corrected chi connectivity index (χ3v) is 1.24. The minimum atomic E-state index is 0.223. The summed E-state index contributed by atoms with van der Waals surface area (Å²) in [5, 5.41) is 10.1. The average molecular weight is 132 g/mol. The summed E-state index contributed by atoms with van der Waals surface area (Å²) in [6.45, 7) is 5.04. The first-order chi connectivity index (χ1) is 4.18. The molecular weight excluding hydrogens is 116 g/mol. The predicted octanol–water partition coefficient (Wildman–Crippen LogP) is -0.0471. The summed E-state index contributed by atoms with van der Waals surface area (Å²) in [7, 11) is 0. The average Bonchev–Trinajstić information content (AvgIpc) is 1.82. The molecule has 56 valence electrons. The van der Waals surface area contributed by atoms with Crippen molar-refractivity contribution in [2.24, 2.45) is 5.84 Å². The molecule has 0 radical (unpaired) electrons. The van der Waals surface area contributed by atoms with Crippen LogP contribution in [0.2, 0.25) is 0 Å². The van der Waals surface area contributed by atoms with E-state index in [4.69, 9.17) is 10.9 Å². The Hall–Kier alpha value is -0.120. The van der Waals surface area contributed by atoms with Crippen molar-refractivity contribution in [3.05, 3.63) is 0 Å². The molecule has 9 heavy (non-hydrogen) atoms. The van der Waals surface area contributed by atoms with Crippen molar-refractivity contribution in [2.45, 2.75) is 26.3 Å². The zero-order valence-electron chi connectivity index (χ0n) is 6.17. The summed E-state index contributed by atoms with van der Waals surface area (Å²) >= 11 is 0. The molecule has 0 saturated carbocycles. The third kappa shape index (κ3) is 4.39. The molecule has 0 fully saturated rings. The Morgan fingerprint density at radius 1 is 1.56 bits per heavy atom. The van der Waals surface area contributed by atoms with Gasteiger partial charge in [-0.2, -0.15) is 0 Å². The Morgan fingerprint density at radius 2 is 2.11 bits per heavy atom. The van der Waals surface area contributed by atoms with E-state index in [0.29, 0.717) is 6.04 Å². The standard InChI is InChI=1S/C6H16N2O/c1-6(2)8(7)4-3-5-9/h6,9H,3-5,7H2,1-2H3. The molecular formula is C6H16N2O. The maximum absolute atomic E-state index is 8.41. The van der Waals surface area contributed by atoms with Crippen LogP contribution in [0.3, 0.4) is 0 Å². The van der Waals surface area contributed by atoms with Gasteiger partial charge in [0, 0.05) is 19.2 Å². The fourth-order valence-corrected chi connectivity index (χ4v) is 0.511. The molecule has 0 aromatic carbocycles. The lowest BCUT2D eigenvalue weighted by atomic mass is 10.3. The molecule has 0 atom stereocenters. The second-order valence-electron chi connectivity index (χ2n) is 2.41. The van der Waals surface area contributed by atoms with Crippen LogP contribution in [0.4, 0.5) is 0 Å². The summed E-state index contributed by atoms with van der Waals surface area (Å²) in [6, 6.07) is 0.372. The van der Waals surface area contributed by atoms with Crippen molar-refractivity contribution in [1.29, 1.82) is 0 Å². The van der Waals surface area contributed by atoms with Gasteiger partial charge in [-0.1, -0.05) is 0 Å². The summed E-state index contributed by atoms with van der Waals surface area (Å²) < 4.78 is 0. The molecule has 3 N–H and O–H groups in total. The summed E-state index contributed by atoms with van der Waals surface area (Å²) in [6.07, 6.45) is 0.759. The van der Waals surface area contributed by atoms with E-state index < -0.39 is 0 Å². The zero-order valence-corrected chi connectivity index (χ0v) is 6.17. The highest BCUT2D eigenvalue weighted by Crippen LogP contribution is 1.90. The first kappa shape index (κ1) is 8.88. The van der Waals surface area contributed by atoms with Gasteiger partial charge in [0.2, 0.25) is 0 Å². The van der Waals surface area contributed by atoms with E-state index in [9.17, 15) is 0 Å². The number of rotatable bonds is 4. The first-order valence-electron chi connectivity index (χ1n) is 3.30. The van der Waals surface area contributed by atoms with Crippen LogP contribution in [0.5, 0.6) is 0 Å². The summed E-state index contributed by atoms with van der Waals surface area (Å²) in [5.41, 5.74) is 0. The maximum atomic E-state index is 8.41. The van der Waals surface area contributed by atoms with Crippen LogP contribution in [0.1, 0.15) is 20.3 Å². The first-order valence-corrected chi connectivity index (χ1v) is 3.30. The van der Waals surface area contributed by atoms with Crippen LogP contribution >= 0.6 is 0 Å². The van der Waals surface area contributed by atoms with Crippen LogP contribution in [-0.2, 0) is 0 Å². The van der Waals surface area contributed by atoms with Gasteiger partial charge in [-0.15, -0.1) is 0 Å². The Balaban J connectivity index is 3.16. The van der Waals surface area contributed by atoms with Gasteiger partial charge >= 0.3 is 0 Å². The van der Waals surface area contributed by atoms with E-state index in [1.807, 2.05) is 13.8 Å². The Morgan fingerprint density at radius 3 is 2.44 bits per heavy atom. The zero-order chi connectivity index (χ0) is 7.28. The fourth-order valence-electron chi connectivity index (χ4n) is 0.511. The highest BCUT2D eigenvalue weighted by Gasteiger charge is 2.00. The van der Waals surface area contributed by atoms with E-state index >= 15 is 0 Å². The molecule has 3 heteroatoms. The normalized spacial score (nSPS) is 11.3. The molecule has 0 rings (SSSR count). The van der Waals surface area contributed by atoms with Crippen LogP contribution in [-0.4, -0.2) is 29.3 Å². The van der Waals surface area contributed by atoms with Crippen LogP contribution in [0.25, 0.3) is 0 Å². The van der Waals surface area contributed by atoms with Gasteiger partial charge in [-0.05, 0) is 20.3 Å². The molecule has 3 nitrogen and oxygen atoms in total. The van der Waals surface area contributed by atoms with Gasteiger partial charge in [-0.3, -0.25) is 5.84 Å². The Labute approximate surface area is 56.4 Å². The van der Waals surface area contributed by atoms with Crippen LogP contribution in [0, 0.1) is 0 Å². The molecule has 0 saturated heterocycles. The summed E-state index contributed by atoms with van der Waals surface area (Å²) in [5.74, 6) is 5.52. The predicted molar refractivity (Wildman–Crippen MR) is 37.7 cm³/mol. The smallest absolute Gasteiger partial charge is 0.0443 e. The van der Waals surface area contributed by atoms with Gasteiger partial charge in [0.05, 0.1) is 0 Å². The van der Waals surface area contributed by atoms with Crippen LogP contribution in [0.15, 0.2) is 0 Å². The molecule has 0 heterocycles. The maximum Gasteiger partial charge on any atom is 0.0443 e. The topological polar surface area (TPSA) is 49.5 Å². The Bertz CT molecular complexity index is 66.1. The van der Waals surface area contributed by atoms with Gasteiger partial charge in [0.15, 0.2) is 0 Å². The van der Waals surface area contributed by atoms with E-state index in [1.165, 1.54) is 0 Å². The van der Waals surface area contributed by atoms with Crippen LogP contribution < -0.4 is 5.84 Å². The SMILES string of the molecule is CC(C)N(N)CCCO. The number of nitrogens with two attached hydrogens (primary N) is 1. The number of nitrogens with zero attached hydrogens (tertiary/aromatic N) is 1. The van der Waals surface area contributed by atoms with Gasteiger partial charge < -0.3 is 5.11 Å². The van der Waals surface area contributed by atoms with E-state index in [2.05, 4.69) is 0 Å². The highest BCUT2D eigenvalue weighted by atomic mass is 16.3. The lowest BCUT2D eigenvalue weighted by molar-refractivity contribution is 0.195. The summed E-state index contributed by atoms with van der Waals surface area (Å²) in [4.78, 5) is 0. The number of aliphatic hydroxyl groups is 1. The second-order valence-corrected chi connectivity index (χ2v) is 2.41. The largest absolute Gasteiger partial charge is 0.396 e. The number of hydrazine groups is 1. The van der Waals surface area contributed by atoms with Crippen molar-refractivity contribution >= 4 is 0 Å². The molecule has 0 unspecified atom stereocenters. The molecule has 0 aliphatic rings. The molecule has 0 aliphatic carbocycles. The van der Waals surface area contributed by atoms with Crippen molar-refractivity contribution in [2.75, 3.05) is 13.2 Å². The minimum Gasteiger partial charge on any atom is -0.396 e. The molecule has 0 aliphatic heterocycles. The van der Waals surface area contributed by atoms with Crippen molar-refractivity contribution in [1.82, 2.24) is 5.01 Å². The van der Waals surface area contributed by atoms with E-state index in [1.54, 1.807) is 5.01 Å². The van der Waals surface area contributed by atoms with Gasteiger partial charge in [0.1, 0.15) is 0 Å². The second kappa shape index (κ2) is 4.73. The highest BCUT2D eigenvalue weighted by molar-refractivity contribution is 4.52. The molecule has 0 amide bonds. The third-order valence-electron chi connectivity index (χ3n) is 1.24. The van der Waals surface area contributed by atoms with Crippen molar-refractivity contribution < 1.29 is 5.11 Å². The van der Waals surface area contributed by atoms with Crippen molar-refractivity contribution in [3.63, 3.8) is 0 Å². The van der Waals surface area contributed by atoms with Crippen molar-refractivity contribution in [3.8, 4) is 0 Å². The molecule has 0 spiro atoms. The molecule has 0 aromatic rings. The monoisotopic (exact) mass is 132 g/mol. The quantitative estimate of drug-likeness (QED) is 0.416. The van der Waals surface area contributed by atoms with Gasteiger partial charge in [-0.25, -0.2) is 5.01 Å². The molecule has 0 aromatic heterocycles. The van der Waals surface area contributed by atoms with E-state index in [0.717, 1.165) is 13.0 Å². The number of hydrogen-bond donors (Lipinski definition) is 2. The number of aliphatic hydroxyl groups excluding tert-OH is 1. The van der Waals surface area contributed by atoms with Gasteiger partial charge in [0.25, 0.3) is 0 Å². The fraction of sp³-hybridized carbons (Fsp3) is 1.00. The lowest BCUT2D eigenvalue weighted by Crippen LogP contribution is -2.38. The molecule has 0 bridgehead atoms.